The number of carbonyl (C=O) groups is 3. The third-order valence-corrected chi connectivity index (χ3v) is 3.22. The van der Waals surface area contributed by atoms with Crippen LogP contribution in [0.15, 0.2) is 12.7 Å². The maximum atomic E-state index is 11.4. The van der Waals surface area contributed by atoms with Crippen LogP contribution < -0.4 is 62.2 Å². The first-order chi connectivity index (χ1) is 10.5. The number of carbonyl (C=O) groups excluding carboxylic acids is 3. The summed E-state index contributed by atoms with van der Waals surface area (Å²) < 4.78 is 4.58. The fraction of sp³-hybridized carbons (Fsp3) is 0.688. The van der Waals surface area contributed by atoms with E-state index in [1.807, 2.05) is 6.08 Å². The number of carboxylic acid groups (broad SMARTS) is 1. The Labute approximate surface area is 180 Å². The Hall–Kier alpha value is -0.0536. The van der Waals surface area contributed by atoms with Gasteiger partial charge in [-0.15, -0.1) is 6.58 Å². The first-order valence-corrected chi connectivity index (χ1v) is 7.78. The summed E-state index contributed by atoms with van der Waals surface area (Å²) in [6.45, 7) is 3.66. The largest absolute Gasteiger partial charge is 1.00 e. The van der Waals surface area contributed by atoms with E-state index in [0.717, 1.165) is 38.5 Å². The fourth-order valence-electron chi connectivity index (χ4n) is 1.90. The third-order valence-electron chi connectivity index (χ3n) is 3.22. The topological polar surface area (TPSA) is 110 Å². The van der Waals surface area contributed by atoms with Gasteiger partial charge >= 0.3 is 63.3 Å². The molecule has 0 aliphatic heterocycles. The summed E-state index contributed by atoms with van der Waals surface area (Å²) in [5.41, 5.74) is 5.42. The van der Waals surface area contributed by atoms with E-state index in [-0.39, 0.29) is 70.6 Å². The molecule has 6 nitrogen and oxygen atoms in total. The molecule has 126 valence electrons. The number of aliphatic carboxylic acids is 1. The molecule has 0 aliphatic carbocycles. The minimum atomic E-state index is -1.29. The van der Waals surface area contributed by atoms with Gasteiger partial charge in [0, 0.05) is 12.4 Å². The van der Waals surface area contributed by atoms with Crippen molar-refractivity contribution in [2.75, 3.05) is 0 Å². The zero-order valence-corrected chi connectivity index (χ0v) is 17.2. The number of hydrogen-bond acceptors (Lipinski definition) is 6. The van der Waals surface area contributed by atoms with Crippen LogP contribution in [-0.2, 0) is 19.1 Å². The molecule has 0 aromatic carbocycles. The van der Waals surface area contributed by atoms with Crippen LogP contribution in [0.1, 0.15) is 64.2 Å². The van der Waals surface area contributed by atoms with E-state index in [1.54, 1.807) is 0 Å². The molecule has 7 heteroatoms. The number of hydrogen-bond donors (Lipinski definition) is 1. The summed E-state index contributed by atoms with van der Waals surface area (Å²) in [5, 5.41) is 10.2. The first-order valence-electron chi connectivity index (χ1n) is 7.78. The smallest absolute Gasteiger partial charge is 0.550 e. The fourth-order valence-corrected chi connectivity index (χ4v) is 1.90. The quantitative estimate of drug-likeness (QED) is 0.138. The Morgan fingerprint density at radius 3 is 2.17 bits per heavy atom. The van der Waals surface area contributed by atoms with Crippen LogP contribution >= 0.6 is 0 Å². The van der Waals surface area contributed by atoms with Gasteiger partial charge in [-0.25, -0.2) is 4.79 Å². The van der Waals surface area contributed by atoms with Gasteiger partial charge in [-0.3, -0.25) is 4.79 Å². The Morgan fingerprint density at radius 2 is 1.61 bits per heavy atom. The second kappa shape index (κ2) is 16.8. The SMILES string of the molecule is C=CCCCCCCCCC(=O)OC(=O)[C@@H](N)CCC(=O)[O-].[K+]. The van der Waals surface area contributed by atoms with E-state index in [2.05, 4.69) is 11.3 Å². The summed E-state index contributed by atoms with van der Waals surface area (Å²) in [6, 6.07) is -1.10. The molecule has 1 atom stereocenters. The maximum Gasteiger partial charge on any atom is 1.00 e. The zero-order valence-electron chi connectivity index (χ0n) is 14.1. The Morgan fingerprint density at radius 1 is 1.04 bits per heavy atom. The predicted octanol–water partition coefficient (Wildman–Crippen LogP) is -1.78. The molecule has 0 unspecified atom stereocenters. The van der Waals surface area contributed by atoms with Crippen molar-refractivity contribution >= 4 is 17.9 Å². The van der Waals surface area contributed by atoms with Crippen molar-refractivity contribution in [1.29, 1.82) is 0 Å². The first kappa shape index (κ1) is 25.2. The third kappa shape index (κ3) is 16.6. The van der Waals surface area contributed by atoms with Gasteiger partial charge in [-0.05, 0) is 32.1 Å². The molecule has 0 rings (SSSR count). The minimum Gasteiger partial charge on any atom is -0.550 e. The van der Waals surface area contributed by atoms with E-state index in [0.29, 0.717) is 6.42 Å². The molecule has 0 fully saturated rings. The average Bonchev–Trinajstić information content (AvgIpc) is 2.47. The molecule has 0 aromatic rings. The Bertz CT molecular complexity index is 373. The van der Waals surface area contributed by atoms with Crippen LogP contribution in [0, 0.1) is 0 Å². The average molecular weight is 351 g/mol. The van der Waals surface area contributed by atoms with Gasteiger partial charge in [-0.2, -0.15) is 0 Å². The van der Waals surface area contributed by atoms with Crippen molar-refractivity contribution in [3.8, 4) is 0 Å². The predicted molar refractivity (Wildman–Crippen MR) is 80.4 cm³/mol. The van der Waals surface area contributed by atoms with Crippen molar-refractivity contribution in [3.63, 3.8) is 0 Å². The van der Waals surface area contributed by atoms with Crippen LogP contribution in [0.25, 0.3) is 0 Å². The van der Waals surface area contributed by atoms with Crippen LogP contribution in [0.3, 0.4) is 0 Å². The van der Waals surface area contributed by atoms with Gasteiger partial charge in [0.05, 0.1) is 0 Å². The summed E-state index contributed by atoms with van der Waals surface area (Å²) in [4.78, 5) is 33.1. The molecule has 0 amide bonds. The normalized spacial score (nSPS) is 11.2. The van der Waals surface area contributed by atoms with Crippen LogP contribution in [0.4, 0.5) is 0 Å². The standard InChI is InChI=1S/C16H27NO5.K/c1-2-3-4-5-6-7-8-9-10-15(20)22-16(21)13(17)11-12-14(18)19;/h2,13H,1,3-12,17H2,(H,18,19);/q;+1/p-1/t13-;/m0./s1. The van der Waals surface area contributed by atoms with E-state index in [1.165, 1.54) is 0 Å². The number of allylic oxidation sites excluding steroid dienone is 1. The molecule has 0 heterocycles. The molecular weight excluding hydrogens is 325 g/mol. The summed E-state index contributed by atoms with van der Waals surface area (Å²) in [6.07, 6.45) is 8.72. The number of rotatable bonds is 13. The van der Waals surface area contributed by atoms with Crippen LogP contribution in [-0.4, -0.2) is 23.9 Å². The Balaban J connectivity index is 0. The number of unbranched alkanes of at least 4 members (excludes halogenated alkanes) is 6. The van der Waals surface area contributed by atoms with E-state index in [4.69, 9.17) is 5.73 Å². The molecule has 0 spiro atoms. The van der Waals surface area contributed by atoms with E-state index >= 15 is 0 Å². The second-order valence-electron chi connectivity index (χ2n) is 5.26. The van der Waals surface area contributed by atoms with Gasteiger partial charge < -0.3 is 20.4 Å². The molecular formula is C16H26KNO5. The van der Waals surface area contributed by atoms with Crippen molar-refractivity contribution < 1.29 is 75.6 Å². The van der Waals surface area contributed by atoms with E-state index in [9.17, 15) is 19.5 Å². The van der Waals surface area contributed by atoms with Crippen molar-refractivity contribution in [1.82, 2.24) is 0 Å². The van der Waals surface area contributed by atoms with Crippen molar-refractivity contribution in [3.05, 3.63) is 12.7 Å². The number of ether oxygens (including phenoxy) is 1. The maximum absolute atomic E-state index is 11.4. The van der Waals surface area contributed by atoms with Crippen molar-refractivity contribution in [2.24, 2.45) is 5.73 Å². The molecule has 0 saturated heterocycles. The summed E-state index contributed by atoms with van der Waals surface area (Å²) in [7, 11) is 0. The second-order valence-corrected chi connectivity index (χ2v) is 5.26. The zero-order chi connectivity index (χ0) is 16.8. The van der Waals surface area contributed by atoms with Gasteiger partial charge in [0.15, 0.2) is 0 Å². The Kier molecular flexibility index (Phi) is 18.4. The monoisotopic (exact) mass is 351 g/mol. The summed E-state index contributed by atoms with van der Waals surface area (Å²) in [5.74, 6) is -2.78. The molecule has 0 bridgehead atoms. The number of nitrogens with two attached hydrogens (primary N) is 1. The number of carboxylic acids is 1. The van der Waals surface area contributed by atoms with Gasteiger partial charge in [0.1, 0.15) is 6.04 Å². The molecule has 0 aliphatic rings. The molecule has 0 aromatic heterocycles. The minimum absolute atomic E-state index is 0. The molecule has 23 heavy (non-hydrogen) atoms. The van der Waals surface area contributed by atoms with Gasteiger partial charge in [-0.1, -0.05) is 31.8 Å². The van der Waals surface area contributed by atoms with Gasteiger partial charge in [0.25, 0.3) is 0 Å². The molecule has 0 radical (unpaired) electrons. The number of esters is 2. The van der Waals surface area contributed by atoms with Crippen LogP contribution in [0.5, 0.6) is 0 Å². The van der Waals surface area contributed by atoms with E-state index < -0.39 is 23.9 Å². The molecule has 0 saturated carbocycles. The van der Waals surface area contributed by atoms with Crippen LogP contribution in [0.2, 0.25) is 0 Å². The molecule has 2 N–H and O–H groups in total. The van der Waals surface area contributed by atoms with Gasteiger partial charge in [0.2, 0.25) is 0 Å². The summed E-state index contributed by atoms with van der Waals surface area (Å²) >= 11 is 0. The van der Waals surface area contributed by atoms with Crippen molar-refractivity contribution in [2.45, 2.75) is 70.3 Å².